The predicted molar refractivity (Wildman–Crippen MR) is 81.2 cm³/mol. The molecule has 0 radical (unpaired) electrons. The van der Waals surface area contributed by atoms with Crippen LogP contribution in [0.4, 0.5) is 5.69 Å². The molecule has 3 N–H and O–H groups in total. The zero-order chi connectivity index (χ0) is 14.8. The normalized spacial score (nSPS) is 26.9. The van der Waals surface area contributed by atoms with Crippen LogP contribution in [-0.4, -0.2) is 29.8 Å². The molecule has 1 aromatic carbocycles. The maximum Gasteiger partial charge on any atom is 0.161 e. The number of carbonyl (C=O) groups is 1. The first-order valence-electron chi connectivity index (χ1n) is 7.01. The van der Waals surface area contributed by atoms with E-state index in [0.29, 0.717) is 18.8 Å². The first kappa shape index (κ1) is 14.7. The van der Waals surface area contributed by atoms with Crippen LogP contribution in [0.1, 0.15) is 49.7 Å². The van der Waals surface area contributed by atoms with E-state index in [2.05, 4.69) is 11.1 Å². The topological polar surface area (TPSA) is 75.7 Å². The molecule has 108 valence electrons. The summed E-state index contributed by atoms with van der Waals surface area (Å²) in [5, 5.41) is 10.2. The first-order chi connectivity index (χ1) is 9.46. The minimum absolute atomic E-state index is 0.120. The third kappa shape index (κ3) is 2.90. The number of Topliss-reactive ketones (excluding diaryl/α,β-unsaturated/α-hetero) is 1. The number of rotatable bonds is 3. The Labute approximate surface area is 119 Å². The first-order valence-corrected chi connectivity index (χ1v) is 7.01. The van der Waals surface area contributed by atoms with Crippen LogP contribution in [0.25, 0.3) is 0 Å². The average molecular weight is 274 g/mol. The van der Waals surface area contributed by atoms with Crippen molar-refractivity contribution >= 4 is 17.7 Å². The van der Waals surface area contributed by atoms with E-state index in [4.69, 9.17) is 5.73 Å². The van der Waals surface area contributed by atoms with E-state index in [1.54, 1.807) is 13.3 Å². The van der Waals surface area contributed by atoms with Gasteiger partial charge in [-0.15, -0.1) is 0 Å². The monoisotopic (exact) mass is 274 g/mol. The quantitative estimate of drug-likeness (QED) is 0.656. The highest BCUT2D eigenvalue weighted by Crippen LogP contribution is 2.39. The van der Waals surface area contributed by atoms with Crippen molar-refractivity contribution in [2.75, 3.05) is 12.8 Å². The Morgan fingerprint density at radius 1 is 1.45 bits per heavy atom. The largest absolute Gasteiger partial charge is 0.398 e. The van der Waals surface area contributed by atoms with Gasteiger partial charge in [-0.2, -0.15) is 0 Å². The fourth-order valence-electron chi connectivity index (χ4n) is 2.88. The van der Waals surface area contributed by atoms with E-state index in [1.165, 1.54) is 12.5 Å². The molecule has 20 heavy (non-hydrogen) atoms. The molecule has 1 saturated carbocycles. The van der Waals surface area contributed by atoms with Crippen LogP contribution in [0.3, 0.4) is 0 Å². The Kier molecular flexibility index (Phi) is 4.23. The summed E-state index contributed by atoms with van der Waals surface area (Å²) in [6.45, 7) is 1.47. The summed E-state index contributed by atoms with van der Waals surface area (Å²) in [6.07, 6.45) is 4.44. The predicted octanol–water partition coefficient (Wildman–Crippen LogP) is 2.30. The van der Waals surface area contributed by atoms with Crippen molar-refractivity contribution < 1.29 is 9.90 Å². The van der Waals surface area contributed by atoms with Crippen LogP contribution >= 0.6 is 0 Å². The highest BCUT2D eigenvalue weighted by molar-refractivity contribution is 5.87. The van der Waals surface area contributed by atoms with Gasteiger partial charge in [-0.1, -0.05) is 12.1 Å². The minimum Gasteiger partial charge on any atom is -0.398 e. The summed E-state index contributed by atoms with van der Waals surface area (Å²) in [6, 6.07) is 6.03. The van der Waals surface area contributed by atoms with Gasteiger partial charge in [0, 0.05) is 24.5 Å². The van der Waals surface area contributed by atoms with Crippen molar-refractivity contribution in [3.05, 3.63) is 29.3 Å². The van der Waals surface area contributed by atoms with Gasteiger partial charge in [0.15, 0.2) is 5.78 Å². The molecule has 1 fully saturated rings. The number of carbonyl (C=O) groups excluding carboxylic acids is 1. The van der Waals surface area contributed by atoms with Gasteiger partial charge in [0.25, 0.3) is 0 Å². The number of nitrogen functional groups attached to an aromatic ring is 1. The van der Waals surface area contributed by atoms with Crippen LogP contribution in [0.5, 0.6) is 0 Å². The van der Waals surface area contributed by atoms with Crippen LogP contribution in [0.2, 0.25) is 0 Å². The fourth-order valence-corrected chi connectivity index (χ4v) is 2.88. The molecular formula is C16H22N2O2. The van der Waals surface area contributed by atoms with Gasteiger partial charge in [-0.05, 0) is 50.2 Å². The van der Waals surface area contributed by atoms with Gasteiger partial charge in [-0.3, -0.25) is 9.79 Å². The summed E-state index contributed by atoms with van der Waals surface area (Å²) >= 11 is 0. The molecule has 0 bridgehead atoms. The highest BCUT2D eigenvalue weighted by Gasteiger charge is 2.37. The summed E-state index contributed by atoms with van der Waals surface area (Å²) in [7, 11) is 1.72. The zero-order valence-electron chi connectivity index (χ0n) is 12.1. The molecule has 0 atom stereocenters. The van der Waals surface area contributed by atoms with E-state index in [0.717, 1.165) is 24.1 Å². The third-order valence-electron chi connectivity index (χ3n) is 4.32. The smallest absolute Gasteiger partial charge is 0.161 e. The molecule has 1 aliphatic carbocycles. The molecule has 0 unspecified atom stereocenters. The number of nitrogens with two attached hydrogens (primary N) is 1. The SMILES string of the molecule is CN=Cc1ccc(C2CCC(O)(C(C)=O)CC2)cc1N. The molecule has 1 aliphatic rings. The van der Waals surface area contributed by atoms with Gasteiger partial charge in [-0.25, -0.2) is 0 Å². The van der Waals surface area contributed by atoms with Crippen molar-refractivity contribution in [3.63, 3.8) is 0 Å². The second kappa shape index (κ2) is 5.75. The van der Waals surface area contributed by atoms with E-state index in [1.807, 2.05) is 12.1 Å². The number of anilines is 1. The van der Waals surface area contributed by atoms with Crippen molar-refractivity contribution in [2.24, 2.45) is 4.99 Å². The van der Waals surface area contributed by atoms with Crippen molar-refractivity contribution in [1.82, 2.24) is 0 Å². The zero-order valence-corrected chi connectivity index (χ0v) is 12.1. The number of benzene rings is 1. The summed E-state index contributed by atoms with van der Waals surface area (Å²) in [5.41, 5.74) is 7.73. The second-order valence-corrected chi connectivity index (χ2v) is 5.64. The number of ketones is 1. The Balaban J connectivity index is 2.11. The lowest BCUT2D eigenvalue weighted by Gasteiger charge is -2.34. The molecule has 0 saturated heterocycles. The molecule has 4 heteroatoms. The maximum absolute atomic E-state index is 11.4. The summed E-state index contributed by atoms with van der Waals surface area (Å²) < 4.78 is 0. The van der Waals surface area contributed by atoms with Gasteiger partial charge in [0.1, 0.15) is 5.60 Å². The standard InChI is InChI=1S/C16H22N2O2/c1-11(19)16(20)7-5-12(6-8-16)13-3-4-14(10-18-2)15(17)9-13/h3-4,9-10,12,20H,5-8,17H2,1-2H3. The van der Waals surface area contributed by atoms with E-state index in [9.17, 15) is 9.90 Å². The summed E-state index contributed by atoms with van der Waals surface area (Å²) in [5.74, 6) is 0.245. The van der Waals surface area contributed by atoms with E-state index in [-0.39, 0.29) is 5.78 Å². The lowest BCUT2D eigenvalue weighted by atomic mass is 9.74. The van der Waals surface area contributed by atoms with Gasteiger partial charge >= 0.3 is 0 Å². The number of hydrogen-bond acceptors (Lipinski definition) is 4. The van der Waals surface area contributed by atoms with E-state index < -0.39 is 5.60 Å². The van der Waals surface area contributed by atoms with Crippen molar-refractivity contribution in [2.45, 2.75) is 44.1 Å². The minimum atomic E-state index is -1.11. The molecule has 2 rings (SSSR count). The lowest BCUT2D eigenvalue weighted by molar-refractivity contribution is -0.138. The number of hydrogen-bond donors (Lipinski definition) is 2. The van der Waals surface area contributed by atoms with Crippen LogP contribution in [0, 0.1) is 0 Å². The van der Waals surface area contributed by atoms with Gasteiger partial charge < -0.3 is 10.8 Å². The molecule has 1 aromatic rings. The average Bonchev–Trinajstić information content (AvgIpc) is 2.42. The molecule has 0 aromatic heterocycles. The van der Waals surface area contributed by atoms with Gasteiger partial charge in [0.2, 0.25) is 0 Å². The van der Waals surface area contributed by atoms with Crippen LogP contribution in [0.15, 0.2) is 23.2 Å². The van der Waals surface area contributed by atoms with Crippen LogP contribution < -0.4 is 5.73 Å². The second-order valence-electron chi connectivity index (χ2n) is 5.64. The van der Waals surface area contributed by atoms with Crippen molar-refractivity contribution in [1.29, 1.82) is 0 Å². The number of nitrogens with zero attached hydrogens (tertiary/aromatic N) is 1. The van der Waals surface area contributed by atoms with Crippen LogP contribution in [-0.2, 0) is 4.79 Å². The molecule has 0 amide bonds. The highest BCUT2D eigenvalue weighted by atomic mass is 16.3. The Bertz CT molecular complexity index is 529. The lowest BCUT2D eigenvalue weighted by Crippen LogP contribution is -2.40. The molecule has 0 aliphatic heterocycles. The fraction of sp³-hybridized carbons (Fsp3) is 0.500. The Morgan fingerprint density at radius 3 is 2.60 bits per heavy atom. The number of aliphatic imine (C=N–C) groups is 1. The Hall–Kier alpha value is -1.68. The Morgan fingerprint density at radius 2 is 2.10 bits per heavy atom. The van der Waals surface area contributed by atoms with Gasteiger partial charge in [0.05, 0.1) is 0 Å². The maximum atomic E-state index is 11.4. The number of aliphatic hydroxyl groups is 1. The van der Waals surface area contributed by atoms with Crippen molar-refractivity contribution in [3.8, 4) is 0 Å². The molecule has 4 nitrogen and oxygen atoms in total. The molecular weight excluding hydrogens is 252 g/mol. The molecule has 0 heterocycles. The molecule has 0 spiro atoms. The summed E-state index contributed by atoms with van der Waals surface area (Å²) in [4.78, 5) is 15.4. The van der Waals surface area contributed by atoms with E-state index >= 15 is 0 Å². The third-order valence-corrected chi connectivity index (χ3v) is 4.32.